The van der Waals surface area contributed by atoms with E-state index in [0.29, 0.717) is 24.0 Å². The van der Waals surface area contributed by atoms with Crippen molar-refractivity contribution in [3.8, 4) is 5.75 Å². The highest BCUT2D eigenvalue weighted by atomic mass is 19.4. The number of alkyl halides is 3. The number of dihydropyridines is 1. The van der Waals surface area contributed by atoms with Crippen molar-refractivity contribution in [2.45, 2.75) is 18.6 Å². The number of benzene rings is 1. The third kappa shape index (κ3) is 8.75. The number of morpholine rings is 1. The number of aliphatic imine (C=N–C) groups is 1. The highest BCUT2D eigenvalue weighted by Gasteiger charge is 2.35. The maximum Gasteiger partial charge on any atom is 0.431 e. The Hall–Kier alpha value is -4.03. The molecule has 2 aliphatic heterocycles. The molecule has 212 valence electrons. The number of carbonyl (C=O) groups excluding carboxylic acids is 1. The molecular weight excluding hydrogens is 525 g/mol. The van der Waals surface area contributed by atoms with Gasteiger partial charge in [-0.2, -0.15) is 13.2 Å². The summed E-state index contributed by atoms with van der Waals surface area (Å²) in [7, 11) is 0. The van der Waals surface area contributed by atoms with E-state index < -0.39 is 17.9 Å². The topological polar surface area (TPSA) is 112 Å². The first-order valence-electron chi connectivity index (χ1n) is 12.9. The first-order chi connectivity index (χ1) is 19.3. The van der Waals surface area contributed by atoms with Crippen molar-refractivity contribution in [1.29, 1.82) is 5.41 Å². The zero-order valence-corrected chi connectivity index (χ0v) is 21.8. The van der Waals surface area contributed by atoms with E-state index in [1.54, 1.807) is 30.3 Å². The van der Waals surface area contributed by atoms with Crippen LogP contribution in [-0.2, 0) is 4.74 Å². The molecule has 1 atom stereocenters. The molecule has 3 heterocycles. The summed E-state index contributed by atoms with van der Waals surface area (Å²) in [5.74, 6) is 0.211. The molecule has 3 N–H and O–H groups in total. The molecule has 1 fully saturated rings. The van der Waals surface area contributed by atoms with Gasteiger partial charge in [0.15, 0.2) is 0 Å². The Labute approximate surface area is 230 Å². The molecule has 9 nitrogen and oxygen atoms in total. The van der Waals surface area contributed by atoms with Crippen LogP contribution in [0.1, 0.15) is 22.3 Å². The van der Waals surface area contributed by atoms with Gasteiger partial charge >= 0.3 is 6.18 Å². The molecule has 0 bridgehead atoms. The van der Waals surface area contributed by atoms with Gasteiger partial charge in [-0.15, -0.1) is 0 Å². The first-order valence-corrected chi connectivity index (χ1v) is 12.9. The lowest BCUT2D eigenvalue weighted by atomic mass is 10.1. The van der Waals surface area contributed by atoms with Crippen LogP contribution in [0.25, 0.3) is 0 Å². The van der Waals surface area contributed by atoms with Crippen LogP contribution in [0.2, 0.25) is 0 Å². The molecule has 1 aromatic carbocycles. The Morgan fingerprint density at radius 2 is 2.00 bits per heavy atom. The average molecular weight is 557 g/mol. The summed E-state index contributed by atoms with van der Waals surface area (Å²) in [6.07, 6.45) is 2.54. The Bertz CT molecular complexity index is 1260. The summed E-state index contributed by atoms with van der Waals surface area (Å²) < 4.78 is 52.0. The normalized spacial score (nSPS) is 18.1. The highest BCUT2D eigenvalue weighted by Crippen LogP contribution is 2.24. The van der Waals surface area contributed by atoms with Crippen LogP contribution in [0.3, 0.4) is 0 Å². The fourth-order valence-electron chi connectivity index (χ4n) is 4.05. The Kier molecular flexibility index (Phi) is 10.0. The predicted octanol–water partition coefficient (Wildman–Crippen LogP) is 3.35. The maximum absolute atomic E-state index is 13.6. The number of aromatic nitrogens is 1. The van der Waals surface area contributed by atoms with Crippen molar-refractivity contribution in [2.24, 2.45) is 4.99 Å². The van der Waals surface area contributed by atoms with Gasteiger partial charge in [0, 0.05) is 43.2 Å². The van der Waals surface area contributed by atoms with E-state index in [1.165, 1.54) is 30.6 Å². The SMILES string of the molecule is N=C(/C=C(\NC1=NCC(NC(=O)c2cccc(OCCCN3CCOCC3)c2)C=C1)C(F)(F)F)c1cccnc1. The maximum atomic E-state index is 13.6. The third-order valence-corrected chi connectivity index (χ3v) is 6.18. The van der Waals surface area contributed by atoms with Crippen molar-refractivity contribution in [1.82, 2.24) is 20.5 Å². The first kappa shape index (κ1) is 29.0. The number of nitrogens with zero attached hydrogens (tertiary/aromatic N) is 3. The third-order valence-electron chi connectivity index (χ3n) is 6.18. The zero-order valence-electron chi connectivity index (χ0n) is 21.8. The van der Waals surface area contributed by atoms with Crippen LogP contribution in [0.5, 0.6) is 5.75 Å². The number of amides is 1. The number of halogens is 3. The second-order valence-corrected chi connectivity index (χ2v) is 9.19. The van der Waals surface area contributed by atoms with E-state index in [4.69, 9.17) is 14.9 Å². The lowest BCUT2D eigenvalue weighted by molar-refractivity contribution is -0.0947. The fourth-order valence-corrected chi connectivity index (χ4v) is 4.05. The van der Waals surface area contributed by atoms with Crippen LogP contribution in [0.15, 0.2) is 77.7 Å². The number of ether oxygens (including phenoxy) is 2. The number of carbonyl (C=O) groups is 1. The predicted molar refractivity (Wildman–Crippen MR) is 145 cm³/mol. The Balaban J connectivity index is 1.27. The number of allylic oxidation sites excluding steroid dienone is 2. The van der Waals surface area contributed by atoms with E-state index in [2.05, 4.69) is 25.5 Å². The number of rotatable bonds is 10. The van der Waals surface area contributed by atoms with Crippen molar-refractivity contribution in [3.63, 3.8) is 0 Å². The van der Waals surface area contributed by atoms with Gasteiger partial charge in [-0.1, -0.05) is 12.1 Å². The minimum absolute atomic E-state index is 0.0273. The van der Waals surface area contributed by atoms with Crippen molar-refractivity contribution in [3.05, 3.63) is 83.8 Å². The smallest absolute Gasteiger partial charge is 0.431 e. The van der Waals surface area contributed by atoms with E-state index in [0.717, 1.165) is 39.3 Å². The van der Waals surface area contributed by atoms with E-state index in [9.17, 15) is 18.0 Å². The molecule has 0 aliphatic carbocycles. The van der Waals surface area contributed by atoms with Gasteiger partial charge < -0.3 is 25.5 Å². The van der Waals surface area contributed by atoms with Crippen LogP contribution in [0, 0.1) is 5.41 Å². The van der Waals surface area contributed by atoms with Gasteiger partial charge in [0.05, 0.1) is 38.1 Å². The van der Waals surface area contributed by atoms with Gasteiger partial charge in [0.25, 0.3) is 5.91 Å². The van der Waals surface area contributed by atoms with Crippen molar-refractivity contribution >= 4 is 17.5 Å². The zero-order chi connectivity index (χ0) is 28.4. The molecule has 1 unspecified atom stereocenters. The molecule has 4 rings (SSSR count). The van der Waals surface area contributed by atoms with E-state index >= 15 is 0 Å². The molecular formula is C28H31F3N6O3. The van der Waals surface area contributed by atoms with E-state index in [1.807, 2.05) is 0 Å². The molecule has 0 saturated carbocycles. The van der Waals surface area contributed by atoms with Gasteiger partial charge in [0.2, 0.25) is 0 Å². The molecule has 1 amide bonds. The Morgan fingerprint density at radius 1 is 1.20 bits per heavy atom. The van der Waals surface area contributed by atoms with Gasteiger partial charge in [-0.25, -0.2) is 0 Å². The summed E-state index contributed by atoms with van der Waals surface area (Å²) in [4.78, 5) is 23.1. The van der Waals surface area contributed by atoms with Crippen molar-refractivity contribution in [2.75, 3.05) is 46.0 Å². The lowest BCUT2D eigenvalue weighted by Gasteiger charge is -2.26. The van der Waals surface area contributed by atoms with Crippen LogP contribution in [0.4, 0.5) is 13.2 Å². The molecule has 0 spiro atoms. The number of hydrogen-bond donors (Lipinski definition) is 3. The summed E-state index contributed by atoms with van der Waals surface area (Å²) in [6.45, 7) is 4.83. The largest absolute Gasteiger partial charge is 0.494 e. The molecule has 2 aromatic rings. The molecule has 0 radical (unpaired) electrons. The Morgan fingerprint density at radius 3 is 2.70 bits per heavy atom. The monoisotopic (exact) mass is 556 g/mol. The second-order valence-electron chi connectivity index (χ2n) is 9.19. The molecule has 1 saturated heterocycles. The van der Waals surface area contributed by atoms with Crippen LogP contribution in [-0.4, -0.2) is 85.6 Å². The molecule has 12 heteroatoms. The van der Waals surface area contributed by atoms with Gasteiger partial charge in [-0.05, 0) is 48.9 Å². The summed E-state index contributed by atoms with van der Waals surface area (Å²) >= 11 is 0. The van der Waals surface area contributed by atoms with Crippen LogP contribution < -0.4 is 15.4 Å². The second kappa shape index (κ2) is 13.9. The number of nitrogens with one attached hydrogen (secondary N) is 3. The number of amidine groups is 1. The molecule has 2 aliphatic rings. The summed E-state index contributed by atoms with van der Waals surface area (Å²) in [6, 6.07) is 9.38. The van der Waals surface area contributed by atoms with Gasteiger partial charge in [-0.3, -0.25) is 19.7 Å². The standard InChI is InChI=1S/C28H31F3N6O3/c29-28(30,31)25(17-24(32)21-5-2-9-33-18-21)36-26-8-7-22(19-34-26)35-27(38)20-4-1-6-23(16-20)40-13-3-10-37-11-14-39-15-12-37/h1-2,4-9,16-18,22,32H,3,10-15,19H2,(H,34,36)(H,35,38)/b25-17-,32-24?. The fraction of sp³-hybridized carbons (Fsp3) is 0.357. The van der Waals surface area contributed by atoms with E-state index in [-0.39, 0.29) is 29.6 Å². The van der Waals surface area contributed by atoms with Gasteiger partial charge in [0.1, 0.15) is 17.3 Å². The van der Waals surface area contributed by atoms with Crippen LogP contribution >= 0.6 is 0 Å². The lowest BCUT2D eigenvalue weighted by Crippen LogP contribution is -2.39. The molecule has 40 heavy (non-hydrogen) atoms. The van der Waals surface area contributed by atoms with Crippen molar-refractivity contribution < 1.29 is 27.4 Å². The minimum atomic E-state index is -4.73. The summed E-state index contributed by atoms with van der Waals surface area (Å²) in [5.41, 5.74) is -0.823. The minimum Gasteiger partial charge on any atom is -0.494 e. The number of hydrogen-bond acceptors (Lipinski definition) is 8. The molecule has 1 aromatic heterocycles. The summed E-state index contributed by atoms with van der Waals surface area (Å²) in [5, 5.41) is 13.0. The number of pyridine rings is 1. The quantitative estimate of drug-likeness (QED) is 0.306. The highest BCUT2D eigenvalue weighted by molar-refractivity contribution is 6.07. The average Bonchev–Trinajstić information content (AvgIpc) is 2.96.